The fraction of sp³-hybridized carbons (Fsp3) is 0.0968. The molecular formula is C31H22ClN3O7. The highest BCUT2D eigenvalue weighted by atomic mass is 35.5. The van der Waals surface area contributed by atoms with Crippen LogP contribution in [0.2, 0.25) is 5.02 Å². The van der Waals surface area contributed by atoms with Gasteiger partial charge >= 0.3 is 5.97 Å². The summed E-state index contributed by atoms with van der Waals surface area (Å²) in [7, 11) is 0. The Labute approximate surface area is 245 Å². The molecule has 1 aliphatic heterocycles. The van der Waals surface area contributed by atoms with E-state index in [1.54, 1.807) is 24.3 Å². The Morgan fingerprint density at radius 2 is 1.71 bits per heavy atom. The van der Waals surface area contributed by atoms with E-state index in [4.69, 9.17) is 36.3 Å². The molecule has 4 aromatic carbocycles. The third-order valence-corrected chi connectivity index (χ3v) is 6.59. The molecule has 0 aliphatic carbocycles. The SMILES string of the molecule is N#CC1=C(N)Oc2cc(OC(=O)COc3ccc([N+](=O)[O-])cc3)ccc2C1c1cccc(OCc2ccc(Cl)cc2)c1. The van der Waals surface area contributed by atoms with E-state index in [-0.39, 0.29) is 28.6 Å². The Bertz CT molecular complexity index is 1710. The number of nitriles is 1. The summed E-state index contributed by atoms with van der Waals surface area (Å²) in [5, 5.41) is 21.3. The zero-order valence-corrected chi connectivity index (χ0v) is 22.6. The van der Waals surface area contributed by atoms with E-state index < -0.39 is 23.4 Å². The van der Waals surface area contributed by atoms with Gasteiger partial charge in [-0.3, -0.25) is 10.1 Å². The number of esters is 1. The minimum absolute atomic E-state index is 0.0625. The van der Waals surface area contributed by atoms with Gasteiger partial charge in [0, 0.05) is 28.8 Å². The van der Waals surface area contributed by atoms with Crippen LogP contribution in [0.3, 0.4) is 0 Å². The molecule has 10 nitrogen and oxygen atoms in total. The third-order valence-electron chi connectivity index (χ3n) is 6.34. The second-order valence-electron chi connectivity index (χ2n) is 9.13. The maximum Gasteiger partial charge on any atom is 0.349 e. The minimum Gasteiger partial charge on any atom is -0.489 e. The number of nitro benzene ring substituents is 1. The third kappa shape index (κ3) is 6.43. The molecule has 0 saturated heterocycles. The lowest BCUT2D eigenvalue weighted by Crippen LogP contribution is -2.21. The maximum absolute atomic E-state index is 12.4. The van der Waals surface area contributed by atoms with Crippen LogP contribution in [0.1, 0.15) is 22.6 Å². The highest BCUT2D eigenvalue weighted by Crippen LogP contribution is 2.44. The highest BCUT2D eigenvalue weighted by molar-refractivity contribution is 6.30. The van der Waals surface area contributed by atoms with Gasteiger partial charge in [0.05, 0.1) is 10.8 Å². The predicted octanol–water partition coefficient (Wildman–Crippen LogP) is 6.03. The Morgan fingerprint density at radius 1 is 0.976 bits per heavy atom. The van der Waals surface area contributed by atoms with Crippen molar-refractivity contribution in [3.8, 4) is 29.1 Å². The van der Waals surface area contributed by atoms with Crippen molar-refractivity contribution in [2.24, 2.45) is 5.73 Å². The van der Waals surface area contributed by atoms with Crippen molar-refractivity contribution in [1.29, 1.82) is 5.26 Å². The van der Waals surface area contributed by atoms with Gasteiger partial charge in [-0.05, 0) is 53.6 Å². The molecule has 5 rings (SSSR count). The molecule has 42 heavy (non-hydrogen) atoms. The van der Waals surface area contributed by atoms with Crippen LogP contribution in [0.15, 0.2) is 102 Å². The number of fused-ring (bicyclic) bond motifs is 1. The number of nitrogens with zero attached hydrogens (tertiary/aromatic N) is 2. The van der Waals surface area contributed by atoms with Crippen molar-refractivity contribution in [2.45, 2.75) is 12.5 Å². The lowest BCUT2D eigenvalue weighted by molar-refractivity contribution is -0.384. The molecule has 1 aliphatic rings. The summed E-state index contributed by atoms with van der Waals surface area (Å²) in [5.41, 5.74) is 8.63. The average Bonchev–Trinajstić information content (AvgIpc) is 2.99. The fourth-order valence-corrected chi connectivity index (χ4v) is 4.47. The summed E-state index contributed by atoms with van der Waals surface area (Å²) < 4.78 is 22.5. The Balaban J connectivity index is 1.31. The van der Waals surface area contributed by atoms with Crippen molar-refractivity contribution in [3.63, 3.8) is 0 Å². The number of nitrogens with two attached hydrogens (primary N) is 1. The fourth-order valence-electron chi connectivity index (χ4n) is 4.34. The van der Waals surface area contributed by atoms with Crippen molar-refractivity contribution >= 4 is 23.3 Å². The van der Waals surface area contributed by atoms with Crippen LogP contribution in [-0.2, 0) is 11.4 Å². The normalized spacial score (nSPS) is 13.8. The quantitative estimate of drug-likeness (QED) is 0.108. The molecule has 0 amide bonds. The highest BCUT2D eigenvalue weighted by Gasteiger charge is 2.31. The Kier molecular flexibility index (Phi) is 8.22. The van der Waals surface area contributed by atoms with E-state index in [0.29, 0.717) is 28.7 Å². The number of hydrogen-bond acceptors (Lipinski definition) is 9. The molecule has 0 saturated carbocycles. The van der Waals surface area contributed by atoms with E-state index in [1.807, 2.05) is 36.4 Å². The first-order valence-corrected chi connectivity index (χ1v) is 12.9. The van der Waals surface area contributed by atoms with Gasteiger partial charge in [0.15, 0.2) is 6.61 Å². The van der Waals surface area contributed by atoms with Gasteiger partial charge in [-0.2, -0.15) is 5.26 Å². The minimum atomic E-state index is -0.701. The molecule has 0 fully saturated rings. The number of benzene rings is 4. The first-order valence-electron chi connectivity index (χ1n) is 12.6. The van der Waals surface area contributed by atoms with Crippen LogP contribution < -0.4 is 24.7 Å². The van der Waals surface area contributed by atoms with Gasteiger partial charge in [-0.1, -0.05) is 41.9 Å². The summed E-state index contributed by atoms with van der Waals surface area (Å²) in [4.78, 5) is 22.7. The second-order valence-corrected chi connectivity index (χ2v) is 9.56. The number of nitro groups is 1. The Hall–Kier alpha value is -5.53. The summed E-state index contributed by atoms with van der Waals surface area (Å²) in [5.74, 6) is 0.0667. The Morgan fingerprint density at radius 3 is 2.43 bits per heavy atom. The molecule has 11 heteroatoms. The molecule has 1 unspecified atom stereocenters. The molecule has 2 N–H and O–H groups in total. The number of non-ortho nitro benzene ring substituents is 1. The summed E-state index contributed by atoms with van der Waals surface area (Å²) in [6.07, 6.45) is 0. The van der Waals surface area contributed by atoms with Crippen molar-refractivity contribution in [1.82, 2.24) is 0 Å². The average molecular weight is 584 g/mol. The van der Waals surface area contributed by atoms with Crippen molar-refractivity contribution in [2.75, 3.05) is 6.61 Å². The lowest BCUT2D eigenvalue weighted by Gasteiger charge is -2.27. The molecule has 0 aromatic heterocycles. The van der Waals surface area contributed by atoms with E-state index in [0.717, 1.165) is 11.1 Å². The van der Waals surface area contributed by atoms with Crippen molar-refractivity contribution in [3.05, 3.63) is 134 Å². The molecular weight excluding hydrogens is 562 g/mol. The molecule has 210 valence electrons. The number of rotatable bonds is 9. The van der Waals surface area contributed by atoms with Crippen LogP contribution >= 0.6 is 11.6 Å². The smallest absolute Gasteiger partial charge is 0.349 e. The maximum atomic E-state index is 12.4. The summed E-state index contributed by atoms with van der Waals surface area (Å²) in [6.45, 7) is -0.0987. The number of carbonyl (C=O) groups excluding carboxylic acids is 1. The molecule has 1 heterocycles. The van der Waals surface area contributed by atoms with Gasteiger partial charge in [0.2, 0.25) is 5.88 Å². The van der Waals surface area contributed by atoms with Gasteiger partial charge in [-0.15, -0.1) is 0 Å². The molecule has 1 atom stereocenters. The molecule has 0 bridgehead atoms. The second kappa shape index (κ2) is 12.3. The first kappa shape index (κ1) is 28.0. The number of hydrogen-bond donors (Lipinski definition) is 1. The first-order chi connectivity index (χ1) is 20.3. The zero-order chi connectivity index (χ0) is 29.6. The van der Waals surface area contributed by atoms with E-state index in [9.17, 15) is 20.2 Å². The monoisotopic (exact) mass is 583 g/mol. The van der Waals surface area contributed by atoms with Gasteiger partial charge in [0.25, 0.3) is 5.69 Å². The number of allylic oxidation sites excluding steroid dienone is 1. The van der Waals surface area contributed by atoms with E-state index in [2.05, 4.69) is 6.07 Å². The van der Waals surface area contributed by atoms with Crippen LogP contribution in [0, 0.1) is 21.4 Å². The largest absolute Gasteiger partial charge is 0.489 e. The number of halogens is 1. The van der Waals surface area contributed by atoms with Gasteiger partial charge in [-0.25, -0.2) is 4.79 Å². The summed E-state index contributed by atoms with van der Waals surface area (Å²) >= 11 is 5.96. The molecule has 0 radical (unpaired) electrons. The van der Waals surface area contributed by atoms with Gasteiger partial charge < -0.3 is 24.7 Å². The lowest BCUT2D eigenvalue weighted by atomic mass is 9.83. The standard InChI is InChI=1S/C31H22ClN3O7/c32-21-6-4-19(5-7-21)17-39-24-3-1-2-20(14-24)30-26-13-12-25(15-28(26)42-31(34)27(30)16-33)41-29(36)18-40-23-10-8-22(9-11-23)35(37)38/h1-15,30H,17-18,34H2. The van der Waals surface area contributed by atoms with E-state index >= 15 is 0 Å². The van der Waals surface area contributed by atoms with E-state index in [1.165, 1.54) is 30.3 Å². The van der Waals surface area contributed by atoms with Crippen molar-refractivity contribution < 1.29 is 28.7 Å². The molecule has 4 aromatic rings. The van der Waals surface area contributed by atoms with Gasteiger partial charge in [0.1, 0.15) is 41.2 Å². The van der Waals surface area contributed by atoms with Crippen LogP contribution in [0.4, 0.5) is 5.69 Å². The number of carbonyl (C=O) groups is 1. The summed E-state index contributed by atoms with van der Waals surface area (Å²) in [6, 6.07) is 26.9. The molecule has 0 spiro atoms. The van der Waals surface area contributed by atoms with Crippen LogP contribution in [-0.4, -0.2) is 17.5 Å². The number of ether oxygens (including phenoxy) is 4. The topological polar surface area (TPSA) is 147 Å². The zero-order valence-electron chi connectivity index (χ0n) is 21.9. The van der Waals surface area contributed by atoms with Crippen LogP contribution in [0.25, 0.3) is 0 Å². The van der Waals surface area contributed by atoms with Crippen LogP contribution in [0.5, 0.6) is 23.0 Å². The predicted molar refractivity (Wildman–Crippen MR) is 152 cm³/mol.